The van der Waals surface area contributed by atoms with Gasteiger partial charge < -0.3 is 5.11 Å². The molecular weight excluding hydrogens is 382 g/mol. The van der Waals surface area contributed by atoms with E-state index in [0.717, 1.165) is 6.07 Å². The van der Waals surface area contributed by atoms with Crippen molar-refractivity contribution in [2.45, 2.75) is 15.2 Å². The van der Waals surface area contributed by atoms with Gasteiger partial charge in [-0.15, -0.1) is 0 Å². The fraction of sp³-hybridized carbons (Fsp3) is 0.400. The van der Waals surface area contributed by atoms with E-state index in [2.05, 4.69) is 0 Å². The first kappa shape index (κ1) is 15.1. The van der Waals surface area contributed by atoms with Gasteiger partial charge in [-0.25, -0.2) is 12.8 Å². The van der Waals surface area contributed by atoms with Crippen LogP contribution in [0.3, 0.4) is 0 Å². The number of rotatable bonds is 4. The lowest BCUT2D eigenvalue weighted by molar-refractivity contribution is 0.187. The molecule has 0 unspecified atom stereocenters. The molecule has 7 heteroatoms. The van der Waals surface area contributed by atoms with Gasteiger partial charge in [-0.1, -0.05) is 30.7 Å². The summed E-state index contributed by atoms with van der Waals surface area (Å²) in [5, 5.41) is 9.95. The summed E-state index contributed by atoms with van der Waals surface area (Å²) in [7, 11) is -3.68. The summed E-state index contributed by atoms with van der Waals surface area (Å²) in [6.45, 7) is 1.43. The summed E-state index contributed by atoms with van der Waals surface area (Å²) in [6.07, 6.45) is -1.49. The van der Waals surface area contributed by atoms with Gasteiger partial charge in [0.05, 0.1) is 5.75 Å². The van der Waals surface area contributed by atoms with Gasteiger partial charge in [0.25, 0.3) is 0 Å². The third kappa shape index (κ3) is 3.10. The smallest absolute Gasteiger partial charge is 0.225 e. The summed E-state index contributed by atoms with van der Waals surface area (Å²) in [6, 6.07) is 5.07. The molecule has 0 heterocycles. The highest BCUT2D eigenvalue weighted by molar-refractivity contribution is 14.1. The van der Waals surface area contributed by atoms with Crippen molar-refractivity contribution in [3.05, 3.63) is 35.6 Å². The molecule has 96 valence electrons. The fourth-order valence-electron chi connectivity index (χ4n) is 1.23. The van der Waals surface area contributed by atoms with Gasteiger partial charge in [-0.3, -0.25) is 0 Å². The second-order valence-electron chi connectivity index (χ2n) is 3.42. The standard InChI is InChI=1S/C10H11ClFIO3S/c1-2-17(15,16)10(11,13)9(14)7-4-3-5-8(12)6-7/h3-6,9,14H,2H2,1H3/t9-,10+/m0/s1. The number of sulfone groups is 1. The second-order valence-corrected chi connectivity index (χ2v) is 9.77. The molecule has 0 saturated heterocycles. The molecule has 0 aliphatic carbocycles. The van der Waals surface area contributed by atoms with Crippen molar-refractivity contribution in [3.63, 3.8) is 0 Å². The van der Waals surface area contributed by atoms with Crippen LogP contribution < -0.4 is 0 Å². The van der Waals surface area contributed by atoms with Crippen LogP contribution in [0.5, 0.6) is 0 Å². The number of benzene rings is 1. The molecule has 3 nitrogen and oxygen atoms in total. The zero-order chi connectivity index (χ0) is 13.3. The third-order valence-electron chi connectivity index (χ3n) is 2.28. The van der Waals surface area contributed by atoms with Gasteiger partial charge in [-0.05, 0) is 40.3 Å². The van der Waals surface area contributed by atoms with Crippen LogP contribution in [0.4, 0.5) is 4.39 Å². The van der Waals surface area contributed by atoms with E-state index in [1.54, 1.807) is 0 Å². The van der Waals surface area contributed by atoms with Gasteiger partial charge in [0.15, 0.2) is 9.84 Å². The number of hydrogen-bond acceptors (Lipinski definition) is 3. The van der Waals surface area contributed by atoms with Gasteiger partial charge in [0.2, 0.25) is 2.21 Å². The van der Waals surface area contributed by atoms with Crippen molar-refractivity contribution in [1.82, 2.24) is 0 Å². The third-order valence-corrected chi connectivity index (χ3v) is 7.60. The Balaban J connectivity index is 3.17. The number of aliphatic hydroxyl groups is 1. The van der Waals surface area contributed by atoms with E-state index in [1.807, 2.05) is 0 Å². The van der Waals surface area contributed by atoms with E-state index in [0.29, 0.717) is 0 Å². The molecule has 17 heavy (non-hydrogen) atoms. The number of hydrogen-bond donors (Lipinski definition) is 1. The molecule has 1 rings (SSSR count). The van der Waals surface area contributed by atoms with Crippen molar-refractivity contribution in [1.29, 1.82) is 0 Å². The lowest BCUT2D eigenvalue weighted by Gasteiger charge is -2.25. The zero-order valence-corrected chi connectivity index (χ0v) is 12.6. The summed E-state index contributed by atoms with van der Waals surface area (Å²) >= 11 is 7.36. The topological polar surface area (TPSA) is 54.4 Å². The Labute approximate surface area is 118 Å². The highest BCUT2D eigenvalue weighted by atomic mass is 127. The molecule has 1 N–H and O–H groups in total. The van der Waals surface area contributed by atoms with Gasteiger partial charge in [-0.2, -0.15) is 0 Å². The molecule has 2 atom stereocenters. The number of alkyl halides is 2. The first-order valence-corrected chi connectivity index (χ1v) is 7.87. The van der Waals surface area contributed by atoms with Crippen molar-refractivity contribution < 1.29 is 17.9 Å². The van der Waals surface area contributed by atoms with E-state index < -0.39 is 24.0 Å². The molecule has 0 aromatic heterocycles. The Kier molecular flexibility index (Phi) is 4.79. The SMILES string of the molecule is CCS(=O)(=O)[C@](Cl)(I)[C@@H](O)c1cccc(F)c1. The van der Waals surface area contributed by atoms with Crippen LogP contribution in [0, 0.1) is 5.82 Å². The molecule has 0 saturated carbocycles. The van der Waals surface area contributed by atoms with Gasteiger partial charge in [0, 0.05) is 0 Å². The van der Waals surface area contributed by atoms with Crippen LogP contribution >= 0.6 is 34.2 Å². The van der Waals surface area contributed by atoms with E-state index >= 15 is 0 Å². The predicted octanol–water partition coefficient (Wildman–Crippen LogP) is 2.62. The maximum atomic E-state index is 13.0. The quantitative estimate of drug-likeness (QED) is 0.633. The summed E-state index contributed by atoms with van der Waals surface area (Å²) in [5.41, 5.74) is 0.131. The largest absolute Gasteiger partial charge is 0.385 e. The molecule has 0 aliphatic rings. The minimum Gasteiger partial charge on any atom is -0.385 e. The fourth-order valence-corrected chi connectivity index (χ4v) is 3.84. The Morgan fingerprint density at radius 3 is 2.65 bits per heavy atom. The van der Waals surface area contributed by atoms with Crippen LogP contribution in [0.2, 0.25) is 0 Å². The Hall–Kier alpha value is 0.0800. The van der Waals surface area contributed by atoms with Crippen LogP contribution in [0.25, 0.3) is 0 Å². The van der Waals surface area contributed by atoms with E-state index in [9.17, 15) is 17.9 Å². The summed E-state index contributed by atoms with van der Waals surface area (Å²) in [5.74, 6) is -0.759. The molecule has 0 fully saturated rings. The van der Waals surface area contributed by atoms with E-state index in [-0.39, 0.29) is 11.3 Å². The van der Waals surface area contributed by atoms with Crippen LogP contribution in [-0.4, -0.2) is 21.5 Å². The van der Waals surface area contributed by atoms with Crippen LogP contribution in [0.1, 0.15) is 18.6 Å². The van der Waals surface area contributed by atoms with Crippen LogP contribution in [0.15, 0.2) is 24.3 Å². The molecule has 0 spiro atoms. The Morgan fingerprint density at radius 2 is 2.18 bits per heavy atom. The Bertz CT molecular complexity index is 504. The molecular formula is C10H11ClFIO3S. The van der Waals surface area contributed by atoms with Crippen molar-refractivity contribution in [2.75, 3.05) is 5.75 Å². The number of aliphatic hydroxyl groups excluding tert-OH is 1. The lowest BCUT2D eigenvalue weighted by atomic mass is 10.1. The average Bonchev–Trinajstić information content (AvgIpc) is 2.27. The molecule has 0 radical (unpaired) electrons. The highest BCUT2D eigenvalue weighted by Gasteiger charge is 2.45. The Morgan fingerprint density at radius 1 is 1.59 bits per heavy atom. The predicted molar refractivity (Wildman–Crippen MR) is 73.4 cm³/mol. The minimum atomic E-state index is -3.68. The molecule has 0 bridgehead atoms. The minimum absolute atomic E-state index is 0.131. The first-order chi connectivity index (χ1) is 7.72. The van der Waals surface area contributed by atoms with Crippen molar-refractivity contribution in [2.24, 2.45) is 0 Å². The average molecular weight is 393 g/mol. The highest BCUT2D eigenvalue weighted by Crippen LogP contribution is 2.43. The van der Waals surface area contributed by atoms with Crippen molar-refractivity contribution >= 4 is 44.0 Å². The molecule has 0 aliphatic heterocycles. The zero-order valence-electron chi connectivity index (χ0n) is 8.90. The second kappa shape index (κ2) is 5.38. The molecule has 1 aromatic rings. The molecule has 0 amide bonds. The van der Waals surface area contributed by atoms with Crippen molar-refractivity contribution in [3.8, 4) is 0 Å². The summed E-state index contributed by atoms with van der Waals surface area (Å²) in [4.78, 5) is 0. The maximum Gasteiger partial charge on any atom is 0.225 e. The lowest BCUT2D eigenvalue weighted by Crippen LogP contribution is -2.34. The van der Waals surface area contributed by atoms with Gasteiger partial charge >= 0.3 is 0 Å². The van der Waals surface area contributed by atoms with E-state index in [4.69, 9.17) is 11.6 Å². The first-order valence-electron chi connectivity index (χ1n) is 4.76. The van der Waals surface area contributed by atoms with Crippen LogP contribution in [-0.2, 0) is 9.84 Å². The normalized spacial score (nSPS) is 17.5. The molecule has 1 aromatic carbocycles. The summed E-state index contributed by atoms with van der Waals surface area (Å²) < 4.78 is 34.5. The number of halogens is 3. The monoisotopic (exact) mass is 392 g/mol. The maximum absolute atomic E-state index is 13.0. The van der Waals surface area contributed by atoms with E-state index in [1.165, 1.54) is 47.7 Å². The van der Waals surface area contributed by atoms with Gasteiger partial charge in [0.1, 0.15) is 11.9 Å².